The summed E-state index contributed by atoms with van der Waals surface area (Å²) in [6.07, 6.45) is 1.63. The van der Waals surface area contributed by atoms with Crippen molar-refractivity contribution in [1.29, 1.82) is 0 Å². The van der Waals surface area contributed by atoms with Crippen LogP contribution < -0.4 is 10.1 Å². The molecule has 224 valence electrons. The molecule has 2 atom stereocenters. The summed E-state index contributed by atoms with van der Waals surface area (Å²) in [6, 6.07) is 25.1. The van der Waals surface area contributed by atoms with Crippen LogP contribution in [0.5, 0.6) is 5.75 Å². The van der Waals surface area contributed by atoms with Gasteiger partial charge in [0.2, 0.25) is 11.8 Å². The van der Waals surface area contributed by atoms with Gasteiger partial charge in [0, 0.05) is 49.3 Å². The Bertz CT molecular complexity index is 1510. The summed E-state index contributed by atoms with van der Waals surface area (Å²) < 4.78 is 26.7. The molecule has 1 saturated heterocycles. The van der Waals surface area contributed by atoms with Gasteiger partial charge in [-0.1, -0.05) is 74.5 Å². The average Bonchev–Trinajstić information content (AvgIpc) is 3.55. The zero-order valence-electron chi connectivity index (χ0n) is 24.8. The number of carbonyl (C=O) groups is 2. The highest BCUT2D eigenvalue weighted by molar-refractivity contribution is 5.89. The number of furan rings is 1. The average molecular weight is 584 g/mol. The van der Waals surface area contributed by atoms with Gasteiger partial charge in [-0.05, 0) is 42.3 Å². The van der Waals surface area contributed by atoms with Crippen molar-refractivity contribution in [2.75, 3.05) is 13.1 Å². The quantitative estimate of drug-likeness (QED) is 0.247. The maximum absolute atomic E-state index is 15.2. The Morgan fingerprint density at radius 1 is 0.953 bits per heavy atom. The number of hydrogen-bond donors (Lipinski definition) is 1. The van der Waals surface area contributed by atoms with Crippen molar-refractivity contribution in [2.45, 2.75) is 52.6 Å². The SMILES string of the molecule is CC(C)C(=O)N1[C@H](C)CN(Cc2c(F)cccc2OCc2ccccc2)C[C@@H]1C(=O)NCc1ccc(-c2ccco2)cc1. The number of hydrogen-bond acceptors (Lipinski definition) is 5. The van der Waals surface area contributed by atoms with E-state index in [-0.39, 0.29) is 42.7 Å². The molecule has 4 aromatic rings. The van der Waals surface area contributed by atoms with Crippen LogP contribution >= 0.6 is 0 Å². The van der Waals surface area contributed by atoms with Gasteiger partial charge in [0.05, 0.1) is 6.26 Å². The first kappa shape index (κ1) is 30.0. The van der Waals surface area contributed by atoms with Gasteiger partial charge in [-0.25, -0.2) is 4.39 Å². The third-order valence-electron chi connectivity index (χ3n) is 7.74. The molecule has 1 aromatic heterocycles. The third-order valence-corrected chi connectivity index (χ3v) is 7.74. The number of amides is 2. The molecule has 0 unspecified atom stereocenters. The molecule has 0 radical (unpaired) electrons. The van der Waals surface area contributed by atoms with Gasteiger partial charge in [-0.2, -0.15) is 0 Å². The Morgan fingerprint density at radius 3 is 2.42 bits per heavy atom. The van der Waals surface area contributed by atoms with E-state index in [9.17, 15) is 9.59 Å². The molecule has 1 N–H and O–H groups in total. The van der Waals surface area contributed by atoms with Gasteiger partial charge in [-0.15, -0.1) is 0 Å². The van der Waals surface area contributed by atoms with Crippen molar-refractivity contribution in [1.82, 2.24) is 15.1 Å². The number of ether oxygens (including phenoxy) is 1. The van der Waals surface area contributed by atoms with E-state index in [0.29, 0.717) is 31.0 Å². The zero-order chi connectivity index (χ0) is 30.3. The highest BCUT2D eigenvalue weighted by Crippen LogP contribution is 2.28. The molecule has 2 amide bonds. The minimum atomic E-state index is -0.721. The minimum absolute atomic E-state index is 0.0760. The number of piperazine rings is 1. The minimum Gasteiger partial charge on any atom is -0.488 e. The number of carbonyl (C=O) groups excluding carboxylic acids is 2. The van der Waals surface area contributed by atoms with E-state index in [1.54, 1.807) is 23.3 Å². The fourth-order valence-electron chi connectivity index (χ4n) is 5.51. The van der Waals surface area contributed by atoms with Crippen LogP contribution in [0.4, 0.5) is 4.39 Å². The molecule has 7 nitrogen and oxygen atoms in total. The molecule has 2 heterocycles. The first-order valence-electron chi connectivity index (χ1n) is 14.7. The monoisotopic (exact) mass is 583 g/mol. The molecule has 5 rings (SSSR count). The third kappa shape index (κ3) is 7.32. The van der Waals surface area contributed by atoms with Crippen LogP contribution in [0.2, 0.25) is 0 Å². The van der Waals surface area contributed by atoms with E-state index in [1.165, 1.54) is 6.07 Å². The molecule has 0 spiro atoms. The summed E-state index contributed by atoms with van der Waals surface area (Å²) in [4.78, 5) is 30.7. The van der Waals surface area contributed by atoms with Crippen molar-refractivity contribution >= 4 is 11.8 Å². The standard InChI is InChI=1S/C35H38FN3O4/c1-24(2)35(41)39-25(3)20-38(21-29-30(36)11-7-12-33(29)43-23-27-9-5-4-6-10-27)22-31(39)34(40)37-19-26-14-16-28(17-15-26)32-13-8-18-42-32/h4-18,24-25,31H,19-23H2,1-3H3,(H,37,40)/t25-,31-/m1/s1. The van der Waals surface area contributed by atoms with Gasteiger partial charge < -0.3 is 19.4 Å². The van der Waals surface area contributed by atoms with Gasteiger partial charge in [0.25, 0.3) is 0 Å². The van der Waals surface area contributed by atoms with Gasteiger partial charge in [-0.3, -0.25) is 14.5 Å². The fraction of sp³-hybridized carbons (Fsp3) is 0.314. The smallest absolute Gasteiger partial charge is 0.244 e. The van der Waals surface area contributed by atoms with Crippen LogP contribution in [0.3, 0.4) is 0 Å². The summed E-state index contributed by atoms with van der Waals surface area (Å²) >= 11 is 0. The van der Waals surface area contributed by atoms with E-state index in [4.69, 9.17) is 9.15 Å². The highest BCUT2D eigenvalue weighted by atomic mass is 19.1. The first-order valence-corrected chi connectivity index (χ1v) is 14.7. The molecule has 1 aliphatic rings. The van der Waals surface area contributed by atoms with E-state index >= 15 is 4.39 Å². The normalized spacial score (nSPS) is 17.2. The van der Waals surface area contributed by atoms with Crippen molar-refractivity contribution in [3.05, 3.63) is 114 Å². The van der Waals surface area contributed by atoms with E-state index < -0.39 is 6.04 Å². The molecule has 1 fully saturated rings. The number of nitrogens with one attached hydrogen (secondary N) is 1. The van der Waals surface area contributed by atoms with Crippen molar-refractivity contribution in [3.8, 4) is 17.1 Å². The van der Waals surface area contributed by atoms with Crippen molar-refractivity contribution in [2.24, 2.45) is 5.92 Å². The molecule has 8 heteroatoms. The molecule has 43 heavy (non-hydrogen) atoms. The van der Waals surface area contributed by atoms with E-state index in [2.05, 4.69) is 5.32 Å². The molecule has 1 aliphatic heterocycles. The van der Waals surface area contributed by atoms with Crippen LogP contribution in [-0.4, -0.2) is 46.8 Å². The maximum Gasteiger partial charge on any atom is 0.244 e. The molecular weight excluding hydrogens is 545 g/mol. The van der Waals surface area contributed by atoms with Crippen molar-refractivity contribution in [3.63, 3.8) is 0 Å². The molecule has 0 saturated carbocycles. The van der Waals surface area contributed by atoms with Crippen molar-refractivity contribution < 1.29 is 23.1 Å². The number of rotatable bonds is 10. The molecule has 0 bridgehead atoms. The van der Waals surface area contributed by atoms with Crippen LogP contribution in [0.25, 0.3) is 11.3 Å². The molecule has 3 aromatic carbocycles. The Balaban J connectivity index is 1.30. The van der Waals surface area contributed by atoms with Gasteiger partial charge >= 0.3 is 0 Å². The van der Waals surface area contributed by atoms with Gasteiger partial charge in [0.1, 0.15) is 30.0 Å². The summed E-state index contributed by atoms with van der Waals surface area (Å²) in [5.74, 6) is 0.304. The van der Waals surface area contributed by atoms with Crippen LogP contribution in [0, 0.1) is 11.7 Å². The zero-order valence-corrected chi connectivity index (χ0v) is 24.8. The van der Waals surface area contributed by atoms with E-state index in [1.807, 2.05) is 92.4 Å². The predicted octanol–water partition coefficient (Wildman–Crippen LogP) is 6.04. The summed E-state index contributed by atoms with van der Waals surface area (Å²) in [5, 5.41) is 3.03. The lowest BCUT2D eigenvalue weighted by Crippen LogP contribution is -2.64. The Labute approximate surface area is 252 Å². The Kier molecular flexibility index (Phi) is 9.57. The lowest BCUT2D eigenvalue weighted by atomic mass is 10.0. The number of halogens is 1. The second-order valence-corrected chi connectivity index (χ2v) is 11.3. The first-order chi connectivity index (χ1) is 20.8. The summed E-state index contributed by atoms with van der Waals surface area (Å²) in [7, 11) is 0. The summed E-state index contributed by atoms with van der Waals surface area (Å²) in [6.45, 7) is 7.28. The van der Waals surface area contributed by atoms with Crippen LogP contribution in [-0.2, 0) is 29.3 Å². The Hall–Kier alpha value is -4.43. The number of nitrogens with zero attached hydrogens (tertiary/aromatic N) is 2. The lowest BCUT2D eigenvalue weighted by Gasteiger charge is -2.45. The second kappa shape index (κ2) is 13.7. The highest BCUT2D eigenvalue weighted by Gasteiger charge is 2.40. The largest absolute Gasteiger partial charge is 0.488 e. The number of benzene rings is 3. The second-order valence-electron chi connectivity index (χ2n) is 11.3. The lowest BCUT2D eigenvalue weighted by molar-refractivity contribution is -0.150. The topological polar surface area (TPSA) is 75.0 Å². The van der Waals surface area contributed by atoms with Crippen LogP contribution in [0.15, 0.2) is 95.6 Å². The molecule has 0 aliphatic carbocycles. The molecular formula is C35H38FN3O4. The predicted molar refractivity (Wildman–Crippen MR) is 163 cm³/mol. The fourth-order valence-corrected chi connectivity index (χ4v) is 5.51. The Morgan fingerprint density at radius 2 is 1.72 bits per heavy atom. The van der Waals surface area contributed by atoms with E-state index in [0.717, 1.165) is 22.5 Å². The maximum atomic E-state index is 15.2. The van der Waals surface area contributed by atoms with Crippen LogP contribution in [0.1, 0.15) is 37.5 Å². The van der Waals surface area contributed by atoms with Gasteiger partial charge in [0.15, 0.2) is 0 Å². The summed E-state index contributed by atoms with van der Waals surface area (Å²) in [5.41, 5.74) is 3.30.